The van der Waals surface area contributed by atoms with E-state index < -0.39 is 0 Å². The second-order valence-electron chi connectivity index (χ2n) is 5.46. The highest BCUT2D eigenvalue weighted by atomic mass is 15.1. The van der Waals surface area contributed by atoms with Crippen molar-refractivity contribution in [3.05, 3.63) is 18.2 Å². The number of nitrogens with one attached hydrogen (secondary N) is 1. The zero-order chi connectivity index (χ0) is 12.8. The van der Waals surface area contributed by atoms with Crippen LogP contribution in [0.3, 0.4) is 0 Å². The molecule has 1 aromatic rings. The van der Waals surface area contributed by atoms with E-state index in [1.54, 1.807) is 0 Å². The molecule has 2 heterocycles. The SMILES string of the molecule is CCNCc1cn(CC(C)CN2CCCC2)cn1. The van der Waals surface area contributed by atoms with E-state index in [0.717, 1.165) is 25.3 Å². The standard InChI is InChI=1S/C14H26N4/c1-3-15-8-14-11-18(12-16-14)10-13(2)9-17-6-4-5-7-17/h11-13,15H,3-10H2,1-2H3. The van der Waals surface area contributed by atoms with Crippen LogP contribution in [0, 0.1) is 5.92 Å². The van der Waals surface area contributed by atoms with Gasteiger partial charge >= 0.3 is 0 Å². The lowest BCUT2D eigenvalue weighted by Gasteiger charge is -2.20. The van der Waals surface area contributed by atoms with Gasteiger partial charge in [-0.15, -0.1) is 0 Å². The van der Waals surface area contributed by atoms with Crippen LogP contribution in [0.2, 0.25) is 0 Å². The van der Waals surface area contributed by atoms with Gasteiger partial charge in [-0.1, -0.05) is 13.8 Å². The average Bonchev–Trinajstić information content (AvgIpc) is 2.98. The summed E-state index contributed by atoms with van der Waals surface area (Å²) in [5.41, 5.74) is 1.14. The van der Waals surface area contributed by atoms with E-state index in [1.807, 2.05) is 6.33 Å². The van der Waals surface area contributed by atoms with Gasteiger partial charge in [-0.05, 0) is 38.4 Å². The lowest BCUT2D eigenvalue weighted by molar-refractivity contribution is 0.271. The fourth-order valence-electron chi connectivity index (χ4n) is 2.67. The first-order valence-corrected chi connectivity index (χ1v) is 7.21. The highest BCUT2D eigenvalue weighted by molar-refractivity contribution is 4.96. The van der Waals surface area contributed by atoms with Crippen LogP contribution < -0.4 is 5.32 Å². The van der Waals surface area contributed by atoms with Crippen LogP contribution >= 0.6 is 0 Å². The number of hydrogen-bond acceptors (Lipinski definition) is 3. The Labute approximate surface area is 110 Å². The smallest absolute Gasteiger partial charge is 0.0950 e. The van der Waals surface area contributed by atoms with Crippen molar-refractivity contribution in [2.24, 2.45) is 5.92 Å². The van der Waals surface area contributed by atoms with Gasteiger partial charge in [0, 0.05) is 25.8 Å². The van der Waals surface area contributed by atoms with Crippen molar-refractivity contribution >= 4 is 0 Å². The van der Waals surface area contributed by atoms with Gasteiger partial charge < -0.3 is 14.8 Å². The van der Waals surface area contributed by atoms with Gasteiger partial charge in [-0.25, -0.2) is 4.98 Å². The summed E-state index contributed by atoms with van der Waals surface area (Å²) in [4.78, 5) is 7.01. The molecule has 4 nitrogen and oxygen atoms in total. The van der Waals surface area contributed by atoms with Gasteiger partial charge in [-0.3, -0.25) is 0 Å². The first kappa shape index (κ1) is 13.6. The molecule has 4 heteroatoms. The summed E-state index contributed by atoms with van der Waals surface area (Å²) in [6, 6.07) is 0. The van der Waals surface area contributed by atoms with E-state index in [1.165, 1.54) is 32.5 Å². The maximum atomic E-state index is 4.43. The van der Waals surface area contributed by atoms with Crippen LogP contribution in [-0.4, -0.2) is 40.6 Å². The molecule has 1 atom stereocenters. The summed E-state index contributed by atoms with van der Waals surface area (Å²) in [6.45, 7) is 11.2. The van der Waals surface area contributed by atoms with Crippen molar-refractivity contribution in [3.63, 3.8) is 0 Å². The summed E-state index contributed by atoms with van der Waals surface area (Å²) < 4.78 is 2.23. The number of likely N-dealkylation sites (tertiary alicyclic amines) is 1. The van der Waals surface area contributed by atoms with Gasteiger partial charge in [0.05, 0.1) is 12.0 Å². The minimum atomic E-state index is 0.698. The zero-order valence-electron chi connectivity index (χ0n) is 11.7. The molecule has 2 rings (SSSR count). The Hall–Kier alpha value is -0.870. The van der Waals surface area contributed by atoms with Crippen LogP contribution in [0.5, 0.6) is 0 Å². The zero-order valence-corrected chi connectivity index (χ0v) is 11.7. The lowest BCUT2D eigenvalue weighted by atomic mass is 10.1. The third-order valence-corrected chi connectivity index (χ3v) is 3.53. The van der Waals surface area contributed by atoms with Crippen LogP contribution in [0.15, 0.2) is 12.5 Å². The summed E-state index contributed by atoms with van der Waals surface area (Å²) >= 11 is 0. The van der Waals surface area contributed by atoms with Crippen molar-refractivity contribution in [2.75, 3.05) is 26.2 Å². The van der Waals surface area contributed by atoms with E-state index in [-0.39, 0.29) is 0 Å². The summed E-state index contributed by atoms with van der Waals surface area (Å²) in [5, 5.41) is 3.31. The summed E-state index contributed by atoms with van der Waals surface area (Å²) in [5.74, 6) is 0.698. The predicted octanol–water partition coefficient (Wildman–Crippen LogP) is 1.72. The van der Waals surface area contributed by atoms with Crippen LogP contribution in [0.4, 0.5) is 0 Å². The van der Waals surface area contributed by atoms with Gasteiger partial charge in [-0.2, -0.15) is 0 Å². The molecule has 1 aliphatic rings. The quantitative estimate of drug-likeness (QED) is 0.800. The van der Waals surface area contributed by atoms with Crippen molar-refractivity contribution in [2.45, 2.75) is 39.8 Å². The maximum Gasteiger partial charge on any atom is 0.0950 e. The maximum absolute atomic E-state index is 4.43. The summed E-state index contributed by atoms with van der Waals surface area (Å²) in [6.07, 6.45) is 6.89. The molecule has 0 spiro atoms. The molecule has 0 bridgehead atoms. The van der Waals surface area contributed by atoms with Crippen LogP contribution in [0.1, 0.15) is 32.4 Å². The molecule has 1 fully saturated rings. The Balaban J connectivity index is 1.75. The molecule has 0 radical (unpaired) electrons. The number of nitrogens with zero attached hydrogens (tertiary/aromatic N) is 3. The van der Waals surface area contributed by atoms with Crippen molar-refractivity contribution < 1.29 is 0 Å². The molecule has 1 saturated heterocycles. The number of aromatic nitrogens is 2. The molecule has 18 heavy (non-hydrogen) atoms. The molecule has 0 aromatic carbocycles. The van der Waals surface area contributed by atoms with E-state index in [2.05, 4.69) is 39.8 Å². The Kier molecular flexibility index (Phi) is 5.20. The fourth-order valence-corrected chi connectivity index (χ4v) is 2.67. The minimum absolute atomic E-state index is 0.698. The molecule has 102 valence electrons. The monoisotopic (exact) mass is 250 g/mol. The fraction of sp³-hybridized carbons (Fsp3) is 0.786. The Morgan fingerprint density at radius 2 is 2.11 bits per heavy atom. The molecule has 0 aliphatic carbocycles. The van der Waals surface area contributed by atoms with E-state index >= 15 is 0 Å². The third kappa shape index (κ3) is 4.10. The lowest BCUT2D eigenvalue weighted by Crippen LogP contribution is -2.27. The topological polar surface area (TPSA) is 33.1 Å². The molecule has 1 unspecified atom stereocenters. The van der Waals surface area contributed by atoms with Crippen molar-refractivity contribution in [1.29, 1.82) is 0 Å². The number of imidazole rings is 1. The molecule has 1 N–H and O–H groups in total. The van der Waals surface area contributed by atoms with Crippen LogP contribution in [0.25, 0.3) is 0 Å². The molecule has 0 amide bonds. The largest absolute Gasteiger partial charge is 0.337 e. The summed E-state index contributed by atoms with van der Waals surface area (Å²) in [7, 11) is 0. The van der Waals surface area contributed by atoms with Gasteiger partial charge in [0.1, 0.15) is 0 Å². The highest BCUT2D eigenvalue weighted by Crippen LogP contribution is 2.11. The van der Waals surface area contributed by atoms with E-state index in [9.17, 15) is 0 Å². The predicted molar refractivity (Wildman–Crippen MR) is 74.4 cm³/mol. The molecule has 1 aliphatic heterocycles. The third-order valence-electron chi connectivity index (χ3n) is 3.53. The van der Waals surface area contributed by atoms with Gasteiger partial charge in [0.25, 0.3) is 0 Å². The number of hydrogen-bond donors (Lipinski definition) is 1. The van der Waals surface area contributed by atoms with Crippen molar-refractivity contribution in [3.8, 4) is 0 Å². The Bertz CT molecular complexity index is 341. The van der Waals surface area contributed by atoms with E-state index in [0.29, 0.717) is 5.92 Å². The molecular weight excluding hydrogens is 224 g/mol. The molecule has 0 saturated carbocycles. The first-order chi connectivity index (χ1) is 8.78. The minimum Gasteiger partial charge on any atom is -0.337 e. The van der Waals surface area contributed by atoms with Gasteiger partial charge in [0.15, 0.2) is 0 Å². The second-order valence-corrected chi connectivity index (χ2v) is 5.46. The number of rotatable bonds is 7. The molecular formula is C14H26N4. The highest BCUT2D eigenvalue weighted by Gasteiger charge is 2.14. The first-order valence-electron chi connectivity index (χ1n) is 7.21. The van der Waals surface area contributed by atoms with Crippen LogP contribution in [-0.2, 0) is 13.1 Å². The van der Waals surface area contributed by atoms with E-state index in [4.69, 9.17) is 0 Å². The molecule has 1 aromatic heterocycles. The Morgan fingerprint density at radius 1 is 1.33 bits per heavy atom. The second kappa shape index (κ2) is 6.90. The normalized spacial score (nSPS) is 18.3. The van der Waals surface area contributed by atoms with Crippen molar-refractivity contribution in [1.82, 2.24) is 19.8 Å². The average molecular weight is 250 g/mol. The van der Waals surface area contributed by atoms with Gasteiger partial charge in [0.2, 0.25) is 0 Å². The Morgan fingerprint density at radius 3 is 2.83 bits per heavy atom.